The third-order valence-electron chi connectivity index (χ3n) is 5.15. The van der Waals surface area contributed by atoms with E-state index in [2.05, 4.69) is 30.9 Å². The van der Waals surface area contributed by atoms with Gasteiger partial charge in [-0.15, -0.1) is 10.2 Å². The number of methoxy groups -OCH3 is 1. The Morgan fingerprint density at radius 3 is 2.51 bits per heavy atom. The lowest BCUT2D eigenvalue weighted by Crippen LogP contribution is -2.50. The van der Waals surface area contributed by atoms with Crippen LogP contribution in [-0.2, 0) is 7.05 Å². The van der Waals surface area contributed by atoms with Gasteiger partial charge in [-0.25, -0.2) is 9.78 Å². The molecule has 12 nitrogen and oxygen atoms in total. The molecule has 2 N–H and O–H groups in total. The zero-order valence-corrected chi connectivity index (χ0v) is 19.4. The molecule has 1 aromatic carbocycles. The maximum atomic E-state index is 12.8. The Labute approximate surface area is 205 Å². The highest BCUT2D eigenvalue weighted by Crippen LogP contribution is 2.37. The van der Waals surface area contributed by atoms with Crippen LogP contribution in [0.1, 0.15) is 10.5 Å². The van der Waals surface area contributed by atoms with Crippen LogP contribution in [-0.4, -0.2) is 97.8 Å². The molecule has 35 heavy (non-hydrogen) atoms. The van der Waals surface area contributed by atoms with E-state index < -0.39 is 11.1 Å². The van der Waals surface area contributed by atoms with Gasteiger partial charge in [0, 0.05) is 33.3 Å². The first-order chi connectivity index (χ1) is 16.6. The zero-order chi connectivity index (χ0) is 25.3. The number of hydrogen-bond donors (Lipinski definition) is 2. The number of rotatable bonds is 7. The molecule has 0 bridgehead atoms. The fourth-order valence-corrected chi connectivity index (χ4v) is 3.53. The minimum Gasteiger partial charge on any atom is -0.494 e. The van der Waals surface area contributed by atoms with Crippen LogP contribution in [0.4, 0.5) is 22.0 Å². The van der Waals surface area contributed by atoms with Crippen LogP contribution in [0.15, 0.2) is 30.6 Å². The average molecular weight is 467 g/mol. The molecule has 15 heteroatoms. The topological polar surface area (TPSA) is 130 Å². The molecule has 0 unspecified atom stereocenters. The fourth-order valence-electron chi connectivity index (χ4n) is 3.53. The van der Waals surface area contributed by atoms with Crippen molar-refractivity contribution in [3.05, 3.63) is 36.3 Å². The number of nitrogens with zero attached hydrogens (tertiary/aromatic N) is 7. The van der Waals surface area contributed by atoms with Crippen molar-refractivity contribution in [2.75, 3.05) is 37.5 Å². The SMILES string of the molecule is [B]C([B])([B])NC(=O)c1nnc(N2CCN(C)C2=O)cc1Nc1cccc(-c2ncn(C)n2)c1OC. The highest BCUT2D eigenvalue weighted by atomic mass is 16.5. The second-order valence-corrected chi connectivity index (χ2v) is 7.96. The lowest BCUT2D eigenvalue weighted by atomic mass is 9.49. The van der Waals surface area contributed by atoms with Gasteiger partial charge < -0.3 is 20.3 Å². The summed E-state index contributed by atoms with van der Waals surface area (Å²) in [5, 5.41) is 15.8. The third kappa shape index (κ3) is 5.08. The van der Waals surface area contributed by atoms with Crippen molar-refractivity contribution in [1.82, 2.24) is 35.2 Å². The van der Waals surface area contributed by atoms with Gasteiger partial charge in [0.15, 0.2) is 23.1 Å². The first-order valence-electron chi connectivity index (χ1n) is 10.5. The van der Waals surface area contributed by atoms with Crippen molar-refractivity contribution in [3.8, 4) is 17.1 Å². The Morgan fingerprint density at radius 2 is 1.91 bits per heavy atom. The molecule has 3 heterocycles. The van der Waals surface area contributed by atoms with Crippen molar-refractivity contribution in [2.45, 2.75) is 5.24 Å². The minimum absolute atomic E-state index is 0.150. The number of amides is 3. The van der Waals surface area contributed by atoms with Gasteiger partial charge in [0.1, 0.15) is 6.33 Å². The van der Waals surface area contributed by atoms with Gasteiger partial charge in [-0.05, 0) is 12.1 Å². The molecule has 3 amide bonds. The molecule has 3 aromatic rings. The summed E-state index contributed by atoms with van der Waals surface area (Å²) in [5.41, 5.74) is 1.16. The number of benzene rings is 1. The second-order valence-electron chi connectivity index (χ2n) is 7.96. The van der Waals surface area contributed by atoms with E-state index in [1.807, 2.05) is 0 Å². The summed E-state index contributed by atoms with van der Waals surface area (Å²) in [4.78, 5) is 32.6. The van der Waals surface area contributed by atoms with Crippen LogP contribution < -0.4 is 20.3 Å². The van der Waals surface area contributed by atoms with Gasteiger partial charge >= 0.3 is 6.03 Å². The zero-order valence-electron chi connectivity index (χ0n) is 19.4. The van der Waals surface area contributed by atoms with Crippen LogP contribution in [0.25, 0.3) is 11.4 Å². The van der Waals surface area contributed by atoms with E-state index in [1.54, 1.807) is 48.2 Å². The number of carbonyl (C=O) groups is 2. The highest BCUT2D eigenvalue weighted by molar-refractivity contribution is 6.60. The quantitative estimate of drug-likeness (QED) is 0.455. The highest BCUT2D eigenvalue weighted by Gasteiger charge is 2.30. The molecular formula is C20H20B3N9O3. The third-order valence-corrected chi connectivity index (χ3v) is 5.15. The molecule has 172 valence electrons. The average Bonchev–Trinajstić information content (AvgIpc) is 3.37. The van der Waals surface area contributed by atoms with Gasteiger partial charge in [0.2, 0.25) is 0 Å². The van der Waals surface area contributed by atoms with Crippen molar-refractivity contribution < 1.29 is 14.3 Å². The van der Waals surface area contributed by atoms with Gasteiger partial charge in [0.05, 0.1) is 47.6 Å². The maximum absolute atomic E-state index is 12.8. The van der Waals surface area contributed by atoms with Crippen molar-refractivity contribution in [1.29, 1.82) is 0 Å². The van der Waals surface area contributed by atoms with Crippen LogP contribution in [0.5, 0.6) is 5.75 Å². The minimum atomic E-state index is -1.98. The fraction of sp³-hybridized carbons (Fsp3) is 0.300. The normalized spacial score (nSPS) is 13.7. The maximum Gasteiger partial charge on any atom is 0.325 e. The first kappa shape index (κ1) is 24.1. The molecule has 0 saturated carbocycles. The largest absolute Gasteiger partial charge is 0.494 e. The van der Waals surface area contributed by atoms with E-state index in [9.17, 15) is 9.59 Å². The van der Waals surface area contributed by atoms with Crippen LogP contribution >= 0.6 is 0 Å². The summed E-state index contributed by atoms with van der Waals surface area (Å²) in [7, 11) is 21.5. The summed E-state index contributed by atoms with van der Waals surface area (Å²) in [6, 6.07) is 6.59. The molecule has 4 rings (SSSR count). The number of nitrogens with one attached hydrogen (secondary N) is 2. The molecular weight excluding hydrogens is 447 g/mol. The van der Waals surface area contributed by atoms with E-state index in [0.717, 1.165) is 0 Å². The number of hydrogen-bond acceptors (Lipinski definition) is 8. The number of aryl methyl sites for hydroxylation is 1. The number of urea groups is 1. The molecule has 2 aromatic heterocycles. The number of aromatic nitrogens is 5. The van der Waals surface area contributed by atoms with E-state index in [0.29, 0.717) is 35.9 Å². The molecule has 1 saturated heterocycles. The van der Waals surface area contributed by atoms with Crippen LogP contribution in [0.3, 0.4) is 0 Å². The monoisotopic (exact) mass is 467 g/mol. The number of likely N-dealkylation sites (N-methyl/N-ethyl adjacent to an activating group) is 1. The van der Waals surface area contributed by atoms with Crippen molar-refractivity contribution >= 4 is 52.7 Å². The van der Waals surface area contributed by atoms with E-state index >= 15 is 0 Å². The predicted octanol–water partition coefficient (Wildman–Crippen LogP) is -0.257. The number of anilines is 3. The smallest absolute Gasteiger partial charge is 0.325 e. The predicted molar refractivity (Wildman–Crippen MR) is 131 cm³/mol. The summed E-state index contributed by atoms with van der Waals surface area (Å²) < 4.78 is 7.20. The number of carbonyl (C=O) groups excluding carboxylic acids is 2. The van der Waals surface area contributed by atoms with E-state index in [1.165, 1.54) is 18.1 Å². The lowest BCUT2D eigenvalue weighted by molar-refractivity contribution is 0.0947. The summed E-state index contributed by atoms with van der Waals surface area (Å²) in [6.07, 6.45) is 1.57. The van der Waals surface area contributed by atoms with Gasteiger partial charge in [-0.1, -0.05) is 11.3 Å². The molecule has 6 radical (unpaired) electrons. The molecule has 1 aliphatic rings. The summed E-state index contributed by atoms with van der Waals surface area (Å²) in [5.74, 6) is 0.348. The molecule has 1 aliphatic heterocycles. The standard InChI is InChI=1S/C20H20B3N9O3/c1-30-7-8-32(19(30)34)14-9-13(15(28-27-14)18(33)26-20(21,22)23)25-12-6-4-5-11(16(12)35-3)17-24-10-31(2)29-17/h4-6,9-10H,7-8H2,1-3H3,(H,25,27)(H,26,33). The lowest BCUT2D eigenvalue weighted by Gasteiger charge is -2.23. The number of ether oxygens (including phenoxy) is 1. The van der Waals surface area contributed by atoms with Gasteiger partial charge in [-0.3, -0.25) is 14.4 Å². The Kier molecular flexibility index (Phi) is 6.42. The molecule has 0 aliphatic carbocycles. The Morgan fingerprint density at radius 1 is 1.14 bits per heavy atom. The Bertz CT molecular complexity index is 1280. The first-order valence-corrected chi connectivity index (χ1v) is 10.5. The van der Waals surface area contributed by atoms with Crippen LogP contribution in [0, 0.1) is 0 Å². The second kappa shape index (κ2) is 9.32. The molecule has 0 atom stereocenters. The summed E-state index contributed by atoms with van der Waals surface area (Å²) >= 11 is 0. The van der Waals surface area contributed by atoms with Gasteiger partial charge in [-0.2, -0.15) is 5.10 Å². The molecule has 0 spiro atoms. The van der Waals surface area contributed by atoms with Crippen LogP contribution in [0.2, 0.25) is 0 Å². The van der Waals surface area contributed by atoms with E-state index in [-0.39, 0.29) is 23.2 Å². The number of para-hydroxylation sites is 1. The van der Waals surface area contributed by atoms with Crippen molar-refractivity contribution in [2.24, 2.45) is 7.05 Å². The molecule has 1 fully saturated rings. The Hall–Kier alpha value is -4.03. The summed E-state index contributed by atoms with van der Waals surface area (Å²) in [6.45, 7) is 0.936. The Balaban J connectivity index is 1.78. The van der Waals surface area contributed by atoms with Crippen molar-refractivity contribution in [3.63, 3.8) is 0 Å². The van der Waals surface area contributed by atoms with Gasteiger partial charge in [0.25, 0.3) is 5.91 Å². The van der Waals surface area contributed by atoms with E-state index in [4.69, 9.17) is 28.3 Å².